The second-order valence-electron chi connectivity index (χ2n) is 7.11. The van der Waals surface area contributed by atoms with Crippen LogP contribution in [0.25, 0.3) is 16.7 Å². The zero-order valence-corrected chi connectivity index (χ0v) is 17.0. The number of benzene rings is 1. The summed E-state index contributed by atoms with van der Waals surface area (Å²) in [5.74, 6) is -1.08. The second-order valence-corrected chi connectivity index (χ2v) is 7.11. The van der Waals surface area contributed by atoms with E-state index in [1.54, 1.807) is 16.8 Å². The molecule has 0 saturated heterocycles. The van der Waals surface area contributed by atoms with E-state index in [-0.39, 0.29) is 27.6 Å². The Morgan fingerprint density at radius 2 is 1.97 bits per heavy atom. The van der Waals surface area contributed by atoms with Gasteiger partial charge in [0, 0.05) is 18.3 Å². The van der Waals surface area contributed by atoms with Crippen LogP contribution in [0.1, 0.15) is 34.8 Å². The molecule has 8 heteroatoms. The monoisotopic (exact) mass is 415 g/mol. The molecule has 1 amide bonds. The van der Waals surface area contributed by atoms with Gasteiger partial charge in [0.05, 0.1) is 10.9 Å². The minimum Gasteiger partial charge on any atom is -0.309 e. The summed E-state index contributed by atoms with van der Waals surface area (Å²) >= 11 is 0. The van der Waals surface area contributed by atoms with Crippen molar-refractivity contribution in [1.82, 2.24) is 14.0 Å². The van der Waals surface area contributed by atoms with Crippen LogP contribution in [0.15, 0.2) is 58.4 Å². The lowest BCUT2D eigenvalue weighted by molar-refractivity contribution is 0.0997. The van der Waals surface area contributed by atoms with Gasteiger partial charge in [-0.25, -0.2) is 9.37 Å². The molecule has 1 aromatic carbocycles. The fourth-order valence-electron chi connectivity index (χ4n) is 3.48. The molecule has 0 spiro atoms. The van der Waals surface area contributed by atoms with Crippen LogP contribution >= 0.6 is 0 Å². The summed E-state index contributed by atoms with van der Waals surface area (Å²) in [7, 11) is 0. The Balaban J connectivity index is 2.10. The van der Waals surface area contributed by atoms with Crippen LogP contribution in [0.5, 0.6) is 0 Å². The predicted molar refractivity (Wildman–Crippen MR) is 113 cm³/mol. The summed E-state index contributed by atoms with van der Waals surface area (Å²) < 4.78 is 16.3. The smallest absolute Gasteiger partial charge is 0.278 e. The molecule has 0 atom stereocenters. The van der Waals surface area contributed by atoms with E-state index in [1.165, 1.54) is 34.7 Å². The van der Waals surface area contributed by atoms with Crippen molar-refractivity contribution in [2.24, 2.45) is 4.99 Å². The number of fused-ring (bicyclic) bond motifs is 2. The second kappa shape index (κ2) is 7.95. The first-order valence-electron chi connectivity index (χ1n) is 9.75. The van der Waals surface area contributed by atoms with Crippen LogP contribution in [0.2, 0.25) is 0 Å². The van der Waals surface area contributed by atoms with Gasteiger partial charge in [-0.1, -0.05) is 13.0 Å². The van der Waals surface area contributed by atoms with E-state index in [1.807, 2.05) is 26.0 Å². The molecular formula is C23H18FN5O2. The number of aromatic nitrogens is 3. The first-order chi connectivity index (χ1) is 14.9. The van der Waals surface area contributed by atoms with E-state index < -0.39 is 11.7 Å². The third-order valence-electron chi connectivity index (χ3n) is 4.97. The van der Waals surface area contributed by atoms with Crippen LogP contribution in [0.3, 0.4) is 0 Å². The van der Waals surface area contributed by atoms with Gasteiger partial charge in [-0.15, -0.1) is 0 Å². The van der Waals surface area contributed by atoms with Gasteiger partial charge in [-0.05, 0) is 55.3 Å². The molecule has 0 aliphatic carbocycles. The number of aryl methyl sites for hydroxylation is 2. The lowest BCUT2D eigenvalue weighted by atomic mass is 10.2. The molecule has 3 aromatic heterocycles. The Hall–Kier alpha value is -4.12. The standard InChI is InChI=1S/C23H18FN5O2/c1-3-10-28-20(27-22(30)15-6-8-17(24)9-7-15)16(13-25)12-18-21(28)26-19-14(2)5-4-11-29(19)23(18)31/h4-9,11-12H,3,10H2,1-2H3. The molecule has 4 aromatic rings. The molecule has 7 nitrogen and oxygen atoms in total. The summed E-state index contributed by atoms with van der Waals surface area (Å²) in [6.45, 7) is 4.18. The summed E-state index contributed by atoms with van der Waals surface area (Å²) in [5.41, 5.74) is 1.75. The van der Waals surface area contributed by atoms with Crippen molar-refractivity contribution in [3.05, 3.63) is 87.0 Å². The highest BCUT2D eigenvalue weighted by Gasteiger charge is 2.16. The number of rotatable bonds is 3. The van der Waals surface area contributed by atoms with Gasteiger partial charge in [0.2, 0.25) is 0 Å². The normalized spacial score (nSPS) is 11.7. The number of nitrogens with zero attached hydrogens (tertiary/aromatic N) is 5. The Morgan fingerprint density at radius 1 is 1.23 bits per heavy atom. The molecule has 0 N–H and O–H groups in total. The summed E-state index contributed by atoms with van der Waals surface area (Å²) in [6.07, 6.45) is 2.29. The zero-order valence-electron chi connectivity index (χ0n) is 17.0. The minimum atomic E-state index is -0.616. The van der Waals surface area contributed by atoms with E-state index in [2.05, 4.69) is 9.98 Å². The molecule has 0 unspecified atom stereocenters. The lowest BCUT2D eigenvalue weighted by Crippen LogP contribution is -2.29. The maximum Gasteiger partial charge on any atom is 0.278 e. The highest BCUT2D eigenvalue weighted by atomic mass is 19.1. The number of halogens is 1. The number of amides is 1. The average Bonchev–Trinajstić information content (AvgIpc) is 2.76. The fraction of sp³-hybridized carbons (Fsp3) is 0.174. The van der Waals surface area contributed by atoms with Crippen LogP contribution in [-0.2, 0) is 6.54 Å². The molecule has 0 saturated carbocycles. The first kappa shape index (κ1) is 20.2. The third-order valence-corrected chi connectivity index (χ3v) is 4.97. The van der Waals surface area contributed by atoms with E-state index in [9.17, 15) is 19.2 Å². The van der Waals surface area contributed by atoms with Crippen molar-refractivity contribution in [3.63, 3.8) is 0 Å². The fourth-order valence-corrected chi connectivity index (χ4v) is 3.48. The first-order valence-corrected chi connectivity index (χ1v) is 9.75. The number of carbonyl (C=O) groups excluding carboxylic acids is 1. The molecule has 4 rings (SSSR count). The number of pyridine rings is 2. The summed E-state index contributed by atoms with van der Waals surface area (Å²) in [5, 5.41) is 9.99. The summed E-state index contributed by atoms with van der Waals surface area (Å²) in [6, 6.07) is 12.1. The molecule has 0 bridgehead atoms. The van der Waals surface area contributed by atoms with Crippen molar-refractivity contribution in [2.75, 3.05) is 0 Å². The van der Waals surface area contributed by atoms with Crippen molar-refractivity contribution in [2.45, 2.75) is 26.8 Å². The minimum absolute atomic E-state index is 0.0860. The number of hydrogen-bond acceptors (Lipinski definition) is 4. The molecule has 0 aliphatic rings. The van der Waals surface area contributed by atoms with Gasteiger partial charge in [0.15, 0.2) is 5.49 Å². The Morgan fingerprint density at radius 3 is 2.65 bits per heavy atom. The Kier molecular flexibility index (Phi) is 5.17. The number of nitriles is 1. The topological polar surface area (TPSA) is 92.5 Å². The average molecular weight is 415 g/mol. The van der Waals surface area contributed by atoms with Crippen LogP contribution in [-0.4, -0.2) is 19.9 Å². The quantitative estimate of drug-likeness (QED) is 0.481. The highest BCUT2D eigenvalue weighted by molar-refractivity contribution is 5.95. The zero-order chi connectivity index (χ0) is 22.1. The molecule has 3 heterocycles. The molecular weight excluding hydrogens is 397 g/mol. The number of carbonyl (C=O) groups is 1. The van der Waals surface area contributed by atoms with Crippen molar-refractivity contribution < 1.29 is 9.18 Å². The molecule has 0 radical (unpaired) electrons. The largest absolute Gasteiger partial charge is 0.309 e. The predicted octanol–water partition coefficient (Wildman–Crippen LogP) is 3.12. The van der Waals surface area contributed by atoms with E-state index in [0.29, 0.717) is 24.3 Å². The van der Waals surface area contributed by atoms with Gasteiger partial charge in [-0.3, -0.25) is 14.0 Å². The van der Waals surface area contributed by atoms with Gasteiger partial charge in [-0.2, -0.15) is 10.3 Å². The highest BCUT2D eigenvalue weighted by Crippen LogP contribution is 2.13. The SMILES string of the molecule is CCCn1c(=NC(=O)c2ccc(F)cc2)c(C#N)cc2c(=O)n3cccc(C)c3nc21. The van der Waals surface area contributed by atoms with Crippen molar-refractivity contribution in [3.8, 4) is 6.07 Å². The summed E-state index contributed by atoms with van der Waals surface area (Å²) in [4.78, 5) is 34.7. The van der Waals surface area contributed by atoms with Gasteiger partial charge < -0.3 is 4.57 Å². The molecule has 154 valence electrons. The maximum atomic E-state index is 13.2. The van der Waals surface area contributed by atoms with Gasteiger partial charge >= 0.3 is 0 Å². The number of hydrogen-bond donors (Lipinski definition) is 0. The van der Waals surface area contributed by atoms with Crippen LogP contribution < -0.4 is 11.0 Å². The van der Waals surface area contributed by atoms with Gasteiger partial charge in [0.25, 0.3) is 11.5 Å². The van der Waals surface area contributed by atoms with Crippen molar-refractivity contribution >= 4 is 22.6 Å². The van der Waals surface area contributed by atoms with E-state index in [4.69, 9.17) is 0 Å². The lowest BCUT2D eigenvalue weighted by Gasteiger charge is -2.13. The van der Waals surface area contributed by atoms with E-state index >= 15 is 0 Å². The Labute approximate surface area is 176 Å². The van der Waals surface area contributed by atoms with Crippen LogP contribution in [0.4, 0.5) is 4.39 Å². The molecule has 0 aliphatic heterocycles. The van der Waals surface area contributed by atoms with Gasteiger partial charge in [0.1, 0.15) is 23.2 Å². The third kappa shape index (κ3) is 3.51. The maximum absolute atomic E-state index is 13.2. The van der Waals surface area contributed by atoms with Crippen LogP contribution in [0, 0.1) is 24.1 Å². The molecule has 31 heavy (non-hydrogen) atoms. The Bertz CT molecular complexity index is 1510. The molecule has 0 fully saturated rings. The van der Waals surface area contributed by atoms with Crippen molar-refractivity contribution in [1.29, 1.82) is 5.26 Å². The van der Waals surface area contributed by atoms with E-state index in [0.717, 1.165) is 5.56 Å².